The van der Waals surface area contributed by atoms with Crippen molar-refractivity contribution in [1.82, 2.24) is 19.9 Å². The maximum absolute atomic E-state index is 7.08. The topological polar surface area (TPSA) is 131 Å². The molecule has 0 amide bonds. The third-order valence-electron chi connectivity index (χ3n) is 24.1. The first-order valence-electron chi connectivity index (χ1n) is 40.0. The Morgan fingerprint density at radius 2 is 0.375 bits per heavy atom. The highest BCUT2D eigenvalue weighted by atomic mass is 16.5. The molecule has 578 valence electrons. The van der Waals surface area contributed by atoms with Gasteiger partial charge in [0.2, 0.25) is 0 Å². The molecular weight excluding hydrogens is 1480 g/mol. The first kappa shape index (κ1) is 72.3. The van der Waals surface area contributed by atoms with Gasteiger partial charge >= 0.3 is 0 Å². The number of ether oxygens (including phenoxy) is 8. The summed E-state index contributed by atoms with van der Waals surface area (Å²) in [6.07, 6.45) is 8.53. The number of H-pyrrole nitrogens is 2. The van der Waals surface area contributed by atoms with E-state index < -0.39 is 0 Å². The Kier molecular flexibility index (Phi) is 17.7. The third kappa shape index (κ3) is 11.4. The molecule has 0 spiro atoms. The second kappa shape index (κ2) is 29.4. The van der Waals surface area contributed by atoms with E-state index in [9.17, 15) is 0 Å². The zero-order valence-corrected chi connectivity index (χ0v) is 67.2. The molecule has 0 saturated carbocycles. The van der Waals surface area contributed by atoms with Crippen LogP contribution in [0.3, 0.4) is 0 Å². The number of methoxy groups -OCH3 is 8. The van der Waals surface area contributed by atoms with Gasteiger partial charge in [0.25, 0.3) is 0 Å². The van der Waals surface area contributed by atoms with Crippen LogP contribution in [0.5, 0.6) is 46.0 Å². The van der Waals surface area contributed by atoms with Crippen LogP contribution in [0, 0.1) is 0 Å². The SMILES string of the molecule is COc1ccc2ccccc2c1-c1c(OC)c(-c2c3nc(c(-c4cc5ccccc5c(-c5c(OC)ccc6ccccc56)c4OC)c4ccc([nH]4)c(-c4cc5ccccc5c(-c5c(OC)ccc6ccccc56)c4OC)c4nc(c(-c5cc6ccccc6c(-c6c(OC)ccc7ccccc67)c5OC)c5ccc2[nH]5)C=C4)C=C3)cc2ccccc12. The fourth-order valence-electron chi connectivity index (χ4n) is 19.0. The molecular formula is C108H78N4O8. The van der Waals surface area contributed by atoms with Crippen LogP contribution in [0.15, 0.2) is 291 Å². The van der Waals surface area contributed by atoms with Gasteiger partial charge in [0, 0.05) is 111 Å². The standard InChI is InChI=1S/C108H78N4O8/c1-113-89-53-41-61-25-9-17-33-69(61)97(89)101-73-37-21-13-29-65(73)57-77(105(101)117-5)93-81-45-47-83(109-81)94(78-58-66-30-14-22-38-74(66)102(106(78)118-6)98-70-34-18-10-26-62(70)42-54-90(98)114-2)85-49-51-87(111-85)96(80-60-68-32-16-24-40-76(68)104(108(80)120-8)100-72-36-20-12-28-64(72)44-56-92(100)116-4)88-52-50-86(112-88)95(84-48-46-82(93)110-84)79-59-67-31-15-23-39-75(67)103(107(79)119-7)99-71-35-19-11-27-63(71)43-55-91(99)115-3/h9-60,109,112H,1-8H3. The van der Waals surface area contributed by atoms with Crippen molar-refractivity contribution in [3.63, 3.8) is 0 Å². The summed E-state index contributed by atoms with van der Waals surface area (Å²) in [5.74, 6) is 5.22. The second-order valence-corrected chi connectivity index (χ2v) is 30.2. The Morgan fingerprint density at radius 1 is 0.183 bits per heavy atom. The van der Waals surface area contributed by atoms with Crippen molar-refractivity contribution in [2.45, 2.75) is 0 Å². The van der Waals surface area contributed by atoms with Crippen LogP contribution < -0.4 is 37.9 Å². The summed E-state index contributed by atoms with van der Waals surface area (Å²) in [4.78, 5) is 20.6. The minimum absolute atomic E-state index is 0.613. The number of nitrogens with one attached hydrogen (secondary N) is 2. The van der Waals surface area contributed by atoms with Crippen molar-refractivity contribution in [2.24, 2.45) is 0 Å². The van der Waals surface area contributed by atoms with Gasteiger partial charge in [0.15, 0.2) is 0 Å². The summed E-state index contributed by atoms with van der Waals surface area (Å²) >= 11 is 0. The van der Waals surface area contributed by atoms with E-state index in [1.807, 2.05) is 0 Å². The molecule has 0 radical (unpaired) electrons. The van der Waals surface area contributed by atoms with Gasteiger partial charge < -0.3 is 47.9 Å². The van der Waals surface area contributed by atoms with Gasteiger partial charge in [-0.05, 0) is 183 Å². The maximum Gasteiger partial charge on any atom is 0.135 e. The van der Waals surface area contributed by atoms with Gasteiger partial charge in [-0.3, -0.25) is 0 Å². The molecule has 5 heterocycles. The Balaban J connectivity index is 0.975. The molecule has 0 saturated heterocycles. The lowest BCUT2D eigenvalue weighted by molar-refractivity contribution is 0.412. The molecule has 12 nitrogen and oxygen atoms in total. The lowest BCUT2D eigenvalue weighted by Gasteiger charge is -2.21. The minimum Gasteiger partial charge on any atom is -0.496 e. The summed E-state index contributed by atoms with van der Waals surface area (Å²) in [5.41, 5.74) is 18.6. The molecule has 0 unspecified atom stereocenters. The van der Waals surface area contributed by atoms with Crippen LogP contribution in [0.1, 0.15) is 22.8 Å². The zero-order chi connectivity index (χ0) is 81.0. The number of aromatic amines is 2. The molecule has 2 aliphatic rings. The van der Waals surface area contributed by atoms with Crippen LogP contribution in [0.2, 0.25) is 0 Å². The molecule has 0 aliphatic carbocycles. The van der Waals surface area contributed by atoms with Gasteiger partial charge in [-0.2, -0.15) is 0 Å². The van der Waals surface area contributed by atoms with Crippen molar-refractivity contribution >= 4 is 133 Å². The smallest absolute Gasteiger partial charge is 0.135 e. The van der Waals surface area contributed by atoms with Crippen molar-refractivity contribution in [3.8, 4) is 135 Å². The number of aromatic nitrogens is 4. The van der Waals surface area contributed by atoms with Gasteiger partial charge in [-0.25, -0.2) is 9.97 Å². The predicted molar refractivity (Wildman–Crippen MR) is 495 cm³/mol. The Labute approximate surface area is 692 Å². The molecule has 2 N–H and O–H groups in total. The van der Waals surface area contributed by atoms with E-state index in [-0.39, 0.29) is 0 Å². The lowest BCUT2D eigenvalue weighted by Crippen LogP contribution is -1.99. The van der Waals surface area contributed by atoms with Crippen molar-refractivity contribution in [3.05, 3.63) is 314 Å². The van der Waals surface area contributed by atoms with Crippen LogP contribution in [0.25, 0.3) is 222 Å². The first-order valence-corrected chi connectivity index (χ1v) is 40.0. The molecule has 19 aromatic rings. The fourth-order valence-corrected chi connectivity index (χ4v) is 19.0. The average molecular weight is 1560 g/mol. The van der Waals surface area contributed by atoms with Crippen molar-refractivity contribution in [2.75, 3.05) is 56.9 Å². The maximum atomic E-state index is 7.08. The Bertz CT molecular complexity index is 6900. The normalized spacial score (nSPS) is 11.9. The Hall–Kier alpha value is -15.4. The van der Waals surface area contributed by atoms with Crippen molar-refractivity contribution in [1.29, 1.82) is 0 Å². The van der Waals surface area contributed by atoms with E-state index >= 15 is 0 Å². The average Bonchev–Trinajstić information content (AvgIpc) is 1.60. The lowest BCUT2D eigenvalue weighted by atomic mass is 9.88. The number of rotatable bonds is 16. The summed E-state index contributed by atoms with van der Waals surface area (Å²) in [5, 5.41) is 16.0. The molecule has 16 aromatic carbocycles. The van der Waals surface area contributed by atoms with Crippen LogP contribution in [-0.4, -0.2) is 76.8 Å². The Morgan fingerprint density at radius 3 is 0.575 bits per heavy atom. The second-order valence-electron chi connectivity index (χ2n) is 30.2. The molecule has 8 bridgehead atoms. The highest BCUT2D eigenvalue weighted by Gasteiger charge is 2.33. The molecule has 12 heteroatoms. The molecule has 0 atom stereocenters. The third-order valence-corrected chi connectivity index (χ3v) is 24.1. The van der Waals surface area contributed by atoms with Crippen LogP contribution in [0.4, 0.5) is 0 Å². The summed E-state index contributed by atoms with van der Waals surface area (Å²) < 4.78 is 54.1. The molecule has 21 rings (SSSR count). The summed E-state index contributed by atoms with van der Waals surface area (Å²) in [7, 11) is 14.0. The van der Waals surface area contributed by atoms with E-state index in [0.29, 0.717) is 68.8 Å². The van der Waals surface area contributed by atoms with E-state index in [1.165, 1.54) is 0 Å². The van der Waals surface area contributed by atoms with E-state index in [0.717, 1.165) is 197 Å². The number of fused-ring (bicyclic) bond motifs is 16. The highest BCUT2D eigenvalue weighted by molar-refractivity contribution is 6.20. The largest absolute Gasteiger partial charge is 0.496 e. The molecule has 120 heavy (non-hydrogen) atoms. The fraction of sp³-hybridized carbons (Fsp3) is 0.0741. The van der Waals surface area contributed by atoms with Gasteiger partial charge in [0.1, 0.15) is 46.0 Å². The molecule has 0 fully saturated rings. The number of nitrogens with zero attached hydrogens (tertiary/aromatic N) is 2. The van der Waals surface area contributed by atoms with Crippen LogP contribution >= 0.6 is 0 Å². The number of hydrogen-bond acceptors (Lipinski definition) is 10. The monoisotopic (exact) mass is 1560 g/mol. The van der Waals surface area contributed by atoms with Gasteiger partial charge in [-0.15, -0.1) is 0 Å². The minimum atomic E-state index is 0.613. The quantitative estimate of drug-likeness (QED) is 0.0964. The van der Waals surface area contributed by atoms with Gasteiger partial charge in [0.05, 0.1) is 79.7 Å². The molecule has 2 aliphatic heterocycles. The first-order chi connectivity index (χ1) is 59.2. The highest BCUT2D eigenvalue weighted by Crippen LogP contribution is 2.58. The van der Waals surface area contributed by atoms with Crippen LogP contribution in [-0.2, 0) is 0 Å². The van der Waals surface area contributed by atoms with E-state index in [4.69, 9.17) is 47.9 Å². The number of benzene rings is 16. The van der Waals surface area contributed by atoms with E-state index in [1.54, 1.807) is 56.9 Å². The van der Waals surface area contributed by atoms with Crippen molar-refractivity contribution < 1.29 is 37.9 Å². The summed E-state index contributed by atoms with van der Waals surface area (Å²) in [6.45, 7) is 0. The summed E-state index contributed by atoms with van der Waals surface area (Å²) in [6, 6.07) is 102. The predicted octanol–water partition coefficient (Wildman–Crippen LogP) is 27.3. The number of hydrogen-bond donors (Lipinski definition) is 2. The molecule has 3 aromatic heterocycles. The zero-order valence-electron chi connectivity index (χ0n) is 67.2. The van der Waals surface area contributed by atoms with Gasteiger partial charge in [-0.1, -0.05) is 218 Å². The van der Waals surface area contributed by atoms with E-state index in [2.05, 4.69) is 325 Å².